The molecule has 0 heterocycles. The lowest BCUT2D eigenvalue weighted by atomic mass is 10.2. The van der Waals surface area contributed by atoms with E-state index in [2.05, 4.69) is 6.92 Å². The van der Waals surface area contributed by atoms with Crippen molar-refractivity contribution in [3.8, 4) is 0 Å². The Morgan fingerprint density at radius 2 is 2.06 bits per heavy atom. The molecule has 0 atom stereocenters. The molecule has 0 saturated carbocycles. The van der Waals surface area contributed by atoms with E-state index in [9.17, 15) is 8.42 Å². The number of hydrogen-bond acceptors (Lipinski definition) is 3. The van der Waals surface area contributed by atoms with Crippen LogP contribution in [0.5, 0.6) is 0 Å². The van der Waals surface area contributed by atoms with Gasteiger partial charge in [-0.3, -0.25) is 0 Å². The fraction of sp³-hybridized carbons (Fsp3) is 0.538. The molecule has 0 aliphatic rings. The predicted molar refractivity (Wildman–Crippen MR) is 74.7 cm³/mol. The molecule has 0 amide bonds. The normalized spacial score (nSPS) is 11.7. The van der Waals surface area contributed by atoms with E-state index >= 15 is 0 Å². The average Bonchev–Trinajstić information content (AvgIpc) is 2.28. The van der Waals surface area contributed by atoms with Crippen LogP contribution in [-0.4, -0.2) is 27.4 Å². The van der Waals surface area contributed by atoms with Crippen molar-refractivity contribution < 1.29 is 13.2 Å². The average molecular weight is 291 g/mol. The Morgan fingerprint density at radius 1 is 1.28 bits per heavy atom. The third kappa shape index (κ3) is 6.38. The molecule has 5 heteroatoms. The molecular formula is C13H19ClO3S. The van der Waals surface area contributed by atoms with E-state index in [0.29, 0.717) is 11.6 Å². The van der Waals surface area contributed by atoms with Crippen LogP contribution in [0.2, 0.25) is 5.02 Å². The molecule has 102 valence electrons. The Hall–Kier alpha value is -0.580. The van der Waals surface area contributed by atoms with Gasteiger partial charge in [-0.15, -0.1) is 0 Å². The Morgan fingerprint density at radius 3 is 2.72 bits per heavy atom. The molecule has 18 heavy (non-hydrogen) atoms. The number of hydrogen-bond donors (Lipinski definition) is 0. The number of ether oxygens (including phenoxy) is 1. The van der Waals surface area contributed by atoms with Gasteiger partial charge in [0.25, 0.3) is 0 Å². The van der Waals surface area contributed by atoms with Crippen LogP contribution < -0.4 is 0 Å². The lowest BCUT2D eigenvalue weighted by Crippen LogP contribution is -2.14. The minimum atomic E-state index is -3.12. The zero-order chi connectivity index (χ0) is 13.4. The van der Waals surface area contributed by atoms with E-state index in [0.717, 1.165) is 18.4 Å². The SMILES string of the molecule is CCCCOCCS(=O)(=O)Cc1cccc(Cl)c1. The van der Waals surface area contributed by atoms with E-state index in [-0.39, 0.29) is 18.1 Å². The van der Waals surface area contributed by atoms with Gasteiger partial charge < -0.3 is 4.74 Å². The van der Waals surface area contributed by atoms with Crippen LogP contribution in [0, 0.1) is 0 Å². The molecule has 1 aromatic rings. The van der Waals surface area contributed by atoms with Crippen molar-refractivity contribution in [3.63, 3.8) is 0 Å². The molecule has 0 radical (unpaired) electrons. The highest BCUT2D eigenvalue weighted by atomic mass is 35.5. The Bertz CT molecular complexity index is 457. The monoisotopic (exact) mass is 290 g/mol. The van der Waals surface area contributed by atoms with Gasteiger partial charge in [0.1, 0.15) is 0 Å². The summed E-state index contributed by atoms with van der Waals surface area (Å²) in [4.78, 5) is 0. The maximum Gasteiger partial charge on any atom is 0.156 e. The summed E-state index contributed by atoms with van der Waals surface area (Å²) < 4.78 is 28.9. The molecule has 1 aromatic carbocycles. The largest absolute Gasteiger partial charge is 0.380 e. The van der Waals surface area contributed by atoms with Crippen LogP contribution in [0.25, 0.3) is 0 Å². The molecule has 0 unspecified atom stereocenters. The highest BCUT2D eigenvalue weighted by Gasteiger charge is 2.12. The van der Waals surface area contributed by atoms with Crippen molar-refractivity contribution in [1.29, 1.82) is 0 Å². The topological polar surface area (TPSA) is 43.4 Å². The predicted octanol–water partition coefficient (Wildman–Crippen LogP) is 3.07. The molecule has 0 bridgehead atoms. The van der Waals surface area contributed by atoms with Gasteiger partial charge in [0.05, 0.1) is 18.1 Å². The molecule has 1 rings (SSSR count). The molecule has 0 spiro atoms. The third-order valence-electron chi connectivity index (χ3n) is 2.46. The maximum atomic E-state index is 11.8. The quantitative estimate of drug-likeness (QED) is 0.691. The first-order valence-electron chi connectivity index (χ1n) is 6.06. The summed E-state index contributed by atoms with van der Waals surface area (Å²) in [6.45, 7) is 2.96. The molecule has 0 aromatic heterocycles. The number of unbranched alkanes of at least 4 members (excludes halogenated alkanes) is 1. The summed E-state index contributed by atoms with van der Waals surface area (Å²) in [7, 11) is -3.12. The summed E-state index contributed by atoms with van der Waals surface area (Å²) >= 11 is 5.82. The van der Waals surface area contributed by atoms with Crippen molar-refractivity contribution in [2.24, 2.45) is 0 Å². The van der Waals surface area contributed by atoms with Crippen molar-refractivity contribution in [3.05, 3.63) is 34.9 Å². The first-order chi connectivity index (χ1) is 8.53. The second kappa shape index (κ2) is 7.77. The van der Waals surface area contributed by atoms with E-state index in [1.165, 1.54) is 0 Å². The van der Waals surface area contributed by atoms with Crippen LogP contribution in [0.3, 0.4) is 0 Å². The summed E-state index contributed by atoms with van der Waals surface area (Å²) in [6, 6.07) is 6.93. The van der Waals surface area contributed by atoms with Gasteiger partial charge in [-0.2, -0.15) is 0 Å². The summed E-state index contributed by atoms with van der Waals surface area (Å²) in [6.07, 6.45) is 2.02. The van der Waals surface area contributed by atoms with Crippen LogP contribution in [0.4, 0.5) is 0 Å². The number of halogens is 1. The molecular weight excluding hydrogens is 272 g/mol. The second-order valence-electron chi connectivity index (χ2n) is 4.19. The van der Waals surface area contributed by atoms with Gasteiger partial charge in [-0.25, -0.2) is 8.42 Å². The fourth-order valence-corrected chi connectivity index (χ4v) is 2.90. The van der Waals surface area contributed by atoms with E-state index < -0.39 is 9.84 Å². The minimum absolute atomic E-state index is 0.0185. The van der Waals surface area contributed by atoms with Crippen molar-refractivity contribution in [2.75, 3.05) is 19.0 Å². The lowest BCUT2D eigenvalue weighted by molar-refractivity contribution is 0.146. The molecule has 0 aliphatic carbocycles. The van der Waals surface area contributed by atoms with E-state index in [1.54, 1.807) is 24.3 Å². The Kier molecular flexibility index (Phi) is 6.68. The zero-order valence-electron chi connectivity index (χ0n) is 10.6. The first kappa shape index (κ1) is 15.5. The van der Waals surface area contributed by atoms with Gasteiger partial charge in [0, 0.05) is 11.6 Å². The maximum absolute atomic E-state index is 11.8. The highest BCUT2D eigenvalue weighted by molar-refractivity contribution is 7.90. The van der Waals surface area contributed by atoms with E-state index in [4.69, 9.17) is 16.3 Å². The van der Waals surface area contributed by atoms with Crippen LogP contribution >= 0.6 is 11.6 Å². The Labute approximate surface area is 114 Å². The second-order valence-corrected chi connectivity index (χ2v) is 6.81. The molecule has 0 N–H and O–H groups in total. The fourth-order valence-electron chi connectivity index (χ4n) is 1.49. The zero-order valence-corrected chi connectivity index (χ0v) is 12.1. The molecule has 0 aliphatic heterocycles. The van der Waals surface area contributed by atoms with Gasteiger partial charge in [0.2, 0.25) is 0 Å². The molecule has 0 saturated heterocycles. The molecule has 0 fully saturated rings. The molecule has 3 nitrogen and oxygen atoms in total. The van der Waals surface area contributed by atoms with Crippen molar-refractivity contribution >= 4 is 21.4 Å². The van der Waals surface area contributed by atoms with E-state index in [1.807, 2.05) is 0 Å². The number of rotatable bonds is 8. The van der Waals surface area contributed by atoms with Gasteiger partial charge in [-0.05, 0) is 24.1 Å². The van der Waals surface area contributed by atoms with Crippen LogP contribution in [0.1, 0.15) is 25.3 Å². The summed E-state index contributed by atoms with van der Waals surface area (Å²) in [5.41, 5.74) is 0.719. The summed E-state index contributed by atoms with van der Waals surface area (Å²) in [5.74, 6) is 0.0773. The smallest absolute Gasteiger partial charge is 0.156 e. The minimum Gasteiger partial charge on any atom is -0.380 e. The number of benzene rings is 1. The van der Waals surface area contributed by atoms with Gasteiger partial charge >= 0.3 is 0 Å². The van der Waals surface area contributed by atoms with Crippen LogP contribution in [-0.2, 0) is 20.3 Å². The van der Waals surface area contributed by atoms with Gasteiger partial charge in [0.15, 0.2) is 9.84 Å². The third-order valence-corrected chi connectivity index (χ3v) is 4.25. The highest BCUT2D eigenvalue weighted by Crippen LogP contribution is 2.13. The van der Waals surface area contributed by atoms with Crippen LogP contribution in [0.15, 0.2) is 24.3 Å². The number of sulfone groups is 1. The van der Waals surface area contributed by atoms with Gasteiger partial charge in [-0.1, -0.05) is 37.1 Å². The first-order valence-corrected chi connectivity index (χ1v) is 8.26. The lowest BCUT2D eigenvalue weighted by Gasteiger charge is -2.06. The van der Waals surface area contributed by atoms with Crippen molar-refractivity contribution in [2.45, 2.75) is 25.5 Å². The Balaban J connectivity index is 2.40. The standard InChI is InChI=1S/C13H19ClO3S/c1-2-3-7-17-8-9-18(15,16)11-12-5-4-6-13(14)10-12/h4-6,10H,2-3,7-9,11H2,1H3. The summed E-state index contributed by atoms with van der Waals surface area (Å²) in [5, 5.41) is 0.557. The van der Waals surface area contributed by atoms with Crippen molar-refractivity contribution in [1.82, 2.24) is 0 Å².